The van der Waals surface area contributed by atoms with E-state index in [1.54, 1.807) is 0 Å². The Hall–Kier alpha value is -0.0800. The van der Waals surface area contributed by atoms with Crippen LogP contribution in [0.25, 0.3) is 0 Å². The van der Waals surface area contributed by atoms with Crippen molar-refractivity contribution in [3.8, 4) is 0 Å². The molecule has 2 nitrogen and oxygen atoms in total. The summed E-state index contributed by atoms with van der Waals surface area (Å²) in [5.41, 5.74) is 0. The minimum Gasteiger partial charge on any atom is -0.393 e. The molecular weight excluding hydrogens is 152 g/mol. The predicted molar refractivity (Wildman–Crippen MR) is 49.0 cm³/mol. The third-order valence-electron chi connectivity index (χ3n) is 3.18. The third kappa shape index (κ3) is 1.64. The van der Waals surface area contributed by atoms with Gasteiger partial charge in [0.1, 0.15) is 0 Å². The Morgan fingerprint density at radius 1 is 1.25 bits per heavy atom. The highest BCUT2D eigenvalue weighted by Gasteiger charge is 2.40. The van der Waals surface area contributed by atoms with Crippen LogP contribution >= 0.6 is 0 Å². The van der Waals surface area contributed by atoms with Crippen molar-refractivity contribution in [3.63, 3.8) is 0 Å². The fourth-order valence-corrected chi connectivity index (χ4v) is 2.23. The van der Waals surface area contributed by atoms with Gasteiger partial charge in [-0.25, -0.2) is 0 Å². The molecule has 1 saturated heterocycles. The van der Waals surface area contributed by atoms with Crippen LogP contribution < -0.4 is 0 Å². The van der Waals surface area contributed by atoms with Gasteiger partial charge in [0, 0.05) is 5.92 Å². The van der Waals surface area contributed by atoms with Gasteiger partial charge >= 0.3 is 0 Å². The zero-order valence-electron chi connectivity index (χ0n) is 8.45. The molecule has 2 heteroatoms. The number of rotatable bonds is 2. The van der Waals surface area contributed by atoms with Crippen LogP contribution in [0.3, 0.4) is 0 Å². The van der Waals surface area contributed by atoms with Crippen molar-refractivity contribution in [2.24, 2.45) is 11.8 Å². The Morgan fingerprint density at radius 2 is 1.83 bits per heavy atom. The Morgan fingerprint density at radius 3 is 2.17 bits per heavy atom. The Balaban J connectivity index is 2.62. The SMILES string of the molecule is CCC(O)C1C(C)OC(C)C1C. The van der Waals surface area contributed by atoms with Crippen LogP contribution in [0.5, 0.6) is 0 Å². The minimum absolute atomic E-state index is 0.194. The first-order valence-corrected chi connectivity index (χ1v) is 4.91. The first-order valence-electron chi connectivity index (χ1n) is 4.91. The molecule has 12 heavy (non-hydrogen) atoms. The van der Waals surface area contributed by atoms with E-state index in [0.717, 1.165) is 6.42 Å². The molecule has 0 aliphatic carbocycles. The molecular formula is C10H20O2. The topological polar surface area (TPSA) is 29.5 Å². The summed E-state index contributed by atoms with van der Waals surface area (Å²) < 4.78 is 5.65. The van der Waals surface area contributed by atoms with Gasteiger partial charge in [-0.3, -0.25) is 0 Å². The normalized spacial score (nSPS) is 44.8. The molecule has 1 fully saturated rings. The molecule has 1 rings (SSSR count). The van der Waals surface area contributed by atoms with Gasteiger partial charge in [0.05, 0.1) is 18.3 Å². The molecule has 1 N–H and O–H groups in total. The van der Waals surface area contributed by atoms with Crippen LogP contribution in [-0.2, 0) is 4.74 Å². The average molecular weight is 172 g/mol. The summed E-state index contributed by atoms with van der Waals surface area (Å²) in [6, 6.07) is 0. The van der Waals surface area contributed by atoms with Crippen LogP contribution in [0, 0.1) is 11.8 Å². The zero-order chi connectivity index (χ0) is 9.30. The zero-order valence-corrected chi connectivity index (χ0v) is 8.45. The standard InChI is InChI=1S/C10H20O2/c1-5-9(11)10-6(2)7(3)12-8(10)4/h6-11H,5H2,1-4H3. The molecule has 0 saturated carbocycles. The van der Waals surface area contributed by atoms with Crippen LogP contribution in [0.15, 0.2) is 0 Å². The van der Waals surface area contributed by atoms with E-state index in [-0.39, 0.29) is 12.2 Å². The van der Waals surface area contributed by atoms with Crippen LogP contribution in [0.4, 0.5) is 0 Å². The highest BCUT2D eigenvalue weighted by atomic mass is 16.5. The van der Waals surface area contributed by atoms with Gasteiger partial charge in [-0.1, -0.05) is 13.8 Å². The quantitative estimate of drug-likeness (QED) is 0.688. The number of hydrogen-bond donors (Lipinski definition) is 1. The first kappa shape index (κ1) is 10.0. The van der Waals surface area contributed by atoms with Crippen molar-refractivity contribution >= 4 is 0 Å². The molecule has 5 atom stereocenters. The molecule has 1 aliphatic rings. The summed E-state index contributed by atoms with van der Waals surface area (Å²) in [4.78, 5) is 0. The second kappa shape index (κ2) is 3.75. The van der Waals surface area contributed by atoms with Gasteiger partial charge in [-0.05, 0) is 26.2 Å². The molecule has 0 aromatic rings. The Kier molecular flexibility index (Phi) is 3.13. The van der Waals surface area contributed by atoms with E-state index in [0.29, 0.717) is 17.9 Å². The summed E-state index contributed by atoms with van der Waals surface area (Å²) in [6.45, 7) is 8.33. The largest absolute Gasteiger partial charge is 0.393 e. The van der Waals surface area contributed by atoms with Crippen molar-refractivity contribution in [2.75, 3.05) is 0 Å². The van der Waals surface area contributed by atoms with Crippen LogP contribution in [0.2, 0.25) is 0 Å². The van der Waals surface area contributed by atoms with E-state index < -0.39 is 0 Å². The van der Waals surface area contributed by atoms with E-state index >= 15 is 0 Å². The van der Waals surface area contributed by atoms with Crippen LogP contribution in [-0.4, -0.2) is 23.4 Å². The molecule has 0 radical (unpaired) electrons. The summed E-state index contributed by atoms with van der Waals surface area (Å²) in [7, 11) is 0. The fraction of sp³-hybridized carbons (Fsp3) is 1.00. The van der Waals surface area contributed by atoms with Gasteiger partial charge in [-0.2, -0.15) is 0 Å². The number of aliphatic hydroxyl groups is 1. The minimum atomic E-state index is -0.194. The second-order valence-corrected chi connectivity index (χ2v) is 3.96. The van der Waals surface area contributed by atoms with Gasteiger partial charge in [-0.15, -0.1) is 0 Å². The lowest BCUT2D eigenvalue weighted by molar-refractivity contribution is 0.0227. The van der Waals surface area contributed by atoms with E-state index in [4.69, 9.17) is 4.74 Å². The molecule has 1 aliphatic heterocycles. The molecule has 72 valence electrons. The molecule has 0 amide bonds. The van der Waals surface area contributed by atoms with Gasteiger partial charge in [0.2, 0.25) is 0 Å². The van der Waals surface area contributed by atoms with E-state index in [2.05, 4.69) is 20.8 Å². The summed E-state index contributed by atoms with van der Waals surface area (Å²) in [5, 5.41) is 9.74. The highest BCUT2D eigenvalue weighted by molar-refractivity contribution is 4.87. The number of hydrogen-bond acceptors (Lipinski definition) is 2. The summed E-state index contributed by atoms with van der Waals surface area (Å²) >= 11 is 0. The fourth-order valence-electron chi connectivity index (χ4n) is 2.23. The average Bonchev–Trinajstić information content (AvgIpc) is 2.26. The van der Waals surface area contributed by atoms with E-state index in [1.807, 2.05) is 6.92 Å². The Labute approximate surface area is 74.9 Å². The summed E-state index contributed by atoms with van der Waals surface area (Å²) in [5.74, 6) is 0.806. The maximum atomic E-state index is 9.74. The molecule has 0 spiro atoms. The van der Waals surface area contributed by atoms with Crippen molar-refractivity contribution in [1.29, 1.82) is 0 Å². The molecule has 5 unspecified atom stereocenters. The van der Waals surface area contributed by atoms with Crippen molar-refractivity contribution in [3.05, 3.63) is 0 Å². The molecule has 0 aromatic carbocycles. The smallest absolute Gasteiger partial charge is 0.0607 e. The van der Waals surface area contributed by atoms with Gasteiger partial charge in [0.25, 0.3) is 0 Å². The lowest BCUT2D eigenvalue weighted by atomic mass is 9.84. The first-order chi connectivity index (χ1) is 5.57. The van der Waals surface area contributed by atoms with Crippen molar-refractivity contribution < 1.29 is 9.84 Å². The van der Waals surface area contributed by atoms with Crippen molar-refractivity contribution in [2.45, 2.75) is 52.4 Å². The lowest BCUT2D eigenvalue weighted by Gasteiger charge is -2.23. The molecule has 0 aromatic heterocycles. The second-order valence-electron chi connectivity index (χ2n) is 3.96. The van der Waals surface area contributed by atoms with Gasteiger partial charge < -0.3 is 9.84 Å². The Bertz CT molecular complexity index is 143. The third-order valence-corrected chi connectivity index (χ3v) is 3.18. The summed E-state index contributed by atoms with van der Waals surface area (Å²) in [6.07, 6.45) is 1.14. The maximum absolute atomic E-state index is 9.74. The van der Waals surface area contributed by atoms with Gasteiger partial charge in [0.15, 0.2) is 0 Å². The number of aliphatic hydroxyl groups excluding tert-OH is 1. The molecule has 1 heterocycles. The van der Waals surface area contributed by atoms with Crippen molar-refractivity contribution in [1.82, 2.24) is 0 Å². The highest BCUT2D eigenvalue weighted by Crippen LogP contribution is 2.35. The maximum Gasteiger partial charge on any atom is 0.0607 e. The van der Waals surface area contributed by atoms with E-state index in [9.17, 15) is 5.11 Å². The molecule has 0 bridgehead atoms. The van der Waals surface area contributed by atoms with Crippen LogP contribution in [0.1, 0.15) is 34.1 Å². The lowest BCUT2D eigenvalue weighted by Crippen LogP contribution is -2.30. The van der Waals surface area contributed by atoms with E-state index in [1.165, 1.54) is 0 Å². The number of ether oxygens (including phenoxy) is 1. The monoisotopic (exact) mass is 172 g/mol. The predicted octanol–water partition coefficient (Wildman–Crippen LogP) is 1.82.